The van der Waals surface area contributed by atoms with Crippen LogP contribution in [0, 0.1) is 5.82 Å². The zero-order chi connectivity index (χ0) is 21.7. The third-order valence-corrected chi connectivity index (χ3v) is 5.47. The molecule has 2 aromatic rings. The molecule has 1 aromatic heterocycles. The lowest BCUT2D eigenvalue weighted by atomic mass is 9.81. The van der Waals surface area contributed by atoms with E-state index in [0.717, 1.165) is 0 Å². The number of rotatable bonds is 8. The molecule has 0 radical (unpaired) electrons. The first-order chi connectivity index (χ1) is 14.4. The van der Waals surface area contributed by atoms with Crippen LogP contribution in [0.1, 0.15) is 36.5 Å². The van der Waals surface area contributed by atoms with E-state index in [0.29, 0.717) is 42.9 Å². The fraction of sp³-hybridized carbons (Fsp3) is 0.476. The summed E-state index contributed by atoms with van der Waals surface area (Å²) < 4.78 is 30.4. The van der Waals surface area contributed by atoms with Crippen molar-refractivity contribution in [3.05, 3.63) is 58.4 Å². The highest BCUT2D eigenvalue weighted by Crippen LogP contribution is 2.40. The molecule has 7 nitrogen and oxygen atoms in total. The van der Waals surface area contributed by atoms with Crippen LogP contribution in [0.15, 0.2) is 30.5 Å². The number of aromatic nitrogens is 2. The molecule has 0 N–H and O–H groups in total. The van der Waals surface area contributed by atoms with Gasteiger partial charge >= 0.3 is 5.97 Å². The van der Waals surface area contributed by atoms with E-state index in [4.69, 9.17) is 25.8 Å². The predicted molar refractivity (Wildman–Crippen MR) is 108 cm³/mol. The van der Waals surface area contributed by atoms with Crippen molar-refractivity contribution in [1.29, 1.82) is 0 Å². The predicted octanol–water partition coefficient (Wildman–Crippen LogP) is 3.27. The van der Waals surface area contributed by atoms with E-state index in [2.05, 4.69) is 9.97 Å². The molecule has 2 heterocycles. The third kappa shape index (κ3) is 4.46. The highest BCUT2D eigenvalue weighted by molar-refractivity contribution is 6.28. The maximum Gasteiger partial charge on any atom is 0.319 e. The summed E-state index contributed by atoms with van der Waals surface area (Å²) in [5, 5.41) is 0.0101. The summed E-state index contributed by atoms with van der Waals surface area (Å²) in [4.78, 5) is 23.6. The van der Waals surface area contributed by atoms with Gasteiger partial charge in [0.25, 0.3) is 0 Å². The highest BCUT2D eigenvalue weighted by Gasteiger charge is 2.50. The number of methoxy groups -OCH3 is 2. The van der Waals surface area contributed by atoms with Crippen LogP contribution in [-0.2, 0) is 31.0 Å². The van der Waals surface area contributed by atoms with Crippen molar-refractivity contribution in [3.8, 4) is 0 Å². The summed E-state index contributed by atoms with van der Waals surface area (Å²) in [6.45, 7) is 3.18. The van der Waals surface area contributed by atoms with Gasteiger partial charge in [0, 0.05) is 51.2 Å². The lowest BCUT2D eigenvalue weighted by Gasteiger charge is -2.30. The Hall–Kier alpha value is -2.13. The first-order valence-electron chi connectivity index (χ1n) is 9.66. The molecule has 3 rings (SSSR count). The average molecular weight is 438 g/mol. The topological polar surface area (TPSA) is 73.8 Å². The van der Waals surface area contributed by atoms with E-state index in [1.54, 1.807) is 25.1 Å². The summed E-state index contributed by atoms with van der Waals surface area (Å²) in [5.74, 6) is -0.696. The number of esters is 1. The molecule has 1 aliphatic heterocycles. The molecule has 1 aliphatic rings. The monoisotopic (exact) mass is 437 g/mol. The highest BCUT2D eigenvalue weighted by atomic mass is 35.5. The molecule has 0 amide bonds. The summed E-state index contributed by atoms with van der Waals surface area (Å²) in [7, 11) is 2.98. The van der Waals surface area contributed by atoms with Gasteiger partial charge in [0.2, 0.25) is 5.28 Å². The van der Waals surface area contributed by atoms with Crippen molar-refractivity contribution in [2.24, 2.45) is 0 Å². The summed E-state index contributed by atoms with van der Waals surface area (Å²) in [5.41, 5.74) is 0.374. The number of hydrogen-bond donors (Lipinski definition) is 0. The minimum Gasteiger partial charge on any atom is -0.465 e. The molecule has 30 heavy (non-hydrogen) atoms. The van der Waals surface area contributed by atoms with Crippen molar-refractivity contribution in [3.63, 3.8) is 0 Å². The van der Waals surface area contributed by atoms with Crippen LogP contribution in [-0.4, -0.2) is 54.8 Å². The van der Waals surface area contributed by atoms with Gasteiger partial charge in [-0.25, -0.2) is 14.4 Å². The van der Waals surface area contributed by atoms with Crippen LogP contribution in [0.25, 0.3) is 0 Å². The second kappa shape index (κ2) is 9.78. The maximum atomic E-state index is 14.2. The van der Waals surface area contributed by atoms with Crippen LogP contribution < -0.4 is 0 Å². The maximum absolute atomic E-state index is 14.2. The van der Waals surface area contributed by atoms with E-state index in [-0.39, 0.29) is 17.7 Å². The Morgan fingerprint density at radius 3 is 2.73 bits per heavy atom. The minimum absolute atomic E-state index is 0.0101. The second-order valence-corrected chi connectivity index (χ2v) is 7.44. The molecule has 1 fully saturated rings. The Kier molecular flexibility index (Phi) is 7.36. The Labute approximate surface area is 180 Å². The first kappa shape index (κ1) is 22.6. The molecule has 162 valence electrons. The molecule has 1 unspecified atom stereocenters. The van der Waals surface area contributed by atoms with E-state index >= 15 is 0 Å². The van der Waals surface area contributed by atoms with Crippen LogP contribution in [0.2, 0.25) is 5.28 Å². The van der Waals surface area contributed by atoms with E-state index in [9.17, 15) is 9.18 Å². The SMILES string of the molecule is CCOC(=O)C1(c2nc(Cl)ncc2C(OC)OC)CCN(Cc2ccccc2F)C1. The molecule has 9 heteroatoms. The Balaban J connectivity index is 2.02. The van der Waals surface area contributed by atoms with Crippen LogP contribution in [0.5, 0.6) is 0 Å². The van der Waals surface area contributed by atoms with Gasteiger partial charge in [0.05, 0.1) is 12.3 Å². The van der Waals surface area contributed by atoms with Gasteiger partial charge in [0.1, 0.15) is 11.2 Å². The normalized spacial score (nSPS) is 19.4. The van der Waals surface area contributed by atoms with Crippen molar-refractivity contribution in [2.75, 3.05) is 33.9 Å². The third-order valence-electron chi connectivity index (χ3n) is 5.29. The fourth-order valence-corrected chi connectivity index (χ4v) is 4.03. The Bertz CT molecular complexity index is 896. The van der Waals surface area contributed by atoms with Gasteiger partial charge in [-0.05, 0) is 31.0 Å². The average Bonchev–Trinajstić information content (AvgIpc) is 3.17. The largest absolute Gasteiger partial charge is 0.465 e. The zero-order valence-corrected chi connectivity index (χ0v) is 18.0. The van der Waals surface area contributed by atoms with Gasteiger partial charge in [0.15, 0.2) is 6.29 Å². The number of hydrogen-bond acceptors (Lipinski definition) is 7. The first-order valence-corrected chi connectivity index (χ1v) is 10.0. The minimum atomic E-state index is -1.10. The number of ether oxygens (including phenoxy) is 3. The second-order valence-electron chi connectivity index (χ2n) is 7.10. The van der Waals surface area contributed by atoms with Crippen LogP contribution in [0.3, 0.4) is 0 Å². The molecule has 0 saturated carbocycles. The Morgan fingerprint density at radius 2 is 2.07 bits per heavy atom. The number of carbonyl (C=O) groups excluding carboxylic acids is 1. The Morgan fingerprint density at radius 1 is 1.33 bits per heavy atom. The van der Waals surface area contributed by atoms with Gasteiger partial charge < -0.3 is 14.2 Å². The number of nitrogens with zero attached hydrogens (tertiary/aromatic N) is 3. The van der Waals surface area contributed by atoms with Crippen molar-refractivity contribution < 1.29 is 23.4 Å². The quantitative estimate of drug-likeness (QED) is 0.356. The number of carbonyl (C=O) groups is 1. The van der Waals surface area contributed by atoms with Gasteiger partial charge in [-0.2, -0.15) is 0 Å². The van der Waals surface area contributed by atoms with E-state index in [1.165, 1.54) is 26.5 Å². The number of halogens is 2. The molecular formula is C21H25ClFN3O4. The molecular weight excluding hydrogens is 413 g/mol. The van der Waals surface area contributed by atoms with E-state index < -0.39 is 17.7 Å². The summed E-state index contributed by atoms with van der Waals surface area (Å²) in [6, 6.07) is 6.60. The van der Waals surface area contributed by atoms with Gasteiger partial charge in [-0.15, -0.1) is 0 Å². The zero-order valence-electron chi connectivity index (χ0n) is 17.2. The van der Waals surface area contributed by atoms with Gasteiger partial charge in [-0.1, -0.05) is 18.2 Å². The lowest BCUT2D eigenvalue weighted by Crippen LogP contribution is -2.42. The molecule has 1 saturated heterocycles. The van der Waals surface area contributed by atoms with Crippen molar-refractivity contribution >= 4 is 17.6 Å². The van der Waals surface area contributed by atoms with Crippen LogP contribution >= 0.6 is 11.6 Å². The number of benzene rings is 1. The van der Waals surface area contributed by atoms with Gasteiger partial charge in [-0.3, -0.25) is 9.69 Å². The standard InChI is InChI=1S/C21H25ClFN3O4/c1-4-30-19(27)21(17-15(18(28-2)29-3)11-24-20(22)25-17)9-10-26(13-21)12-14-7-5-6-8-16(14)23/h5-8,11,18H,4,9-10,12-13H2,1-3H3. The molecule has 0 bridgehead atoms. The smallest absolute Gasteiger partial charge is 0.319 e. The summed E-state index contributed by atoms with van der Waals surface area (Å²) >= 11 is 6.10. The van der Waals surface area contributed by atoms with Crippen LogP contribution in [0.4, 0.5) is 4.39 Å². The fourth-order valence-electron chi connectivity index (χ4n) is 3.89. The van der Waals surface area contributed by atoms with Crippen molar-refractivity contribution in [1.82, 2.24) is 14.9 Å². The number of likely N-dealkylation sites (tertiary alicyclic amines) is 1. The lowest BCUT2D eigenvalue weighted by molar-refractivity contribution is -0.150. The van der Waals surface area contributed by atoms with Crippen molar-refractivity contribution in [2.45, 2.75) is 31.6 Å². The molecule has 0 aliphatic carbocycles. The molecule has 0 spiro atoms. The van der Waals surface area contributed by atoms with E-state index in [1.807, 2.05) is 4.90 Å². The summed E-state index contributed by atoms with van der Waals surface area (Å²) in [6.07, 6.45) is 1.16. The molecule has 1 aromatic carbocycles. The molecule has 1 atom stereocenters.